The highest BCUT2D eigenvalue weighted by atomic mass is 16.6. The molecule has 4 heteroatoms. The van der Waals surface area contributed by atoms with E-state index in [2.05, 4.69) is 6.58 Å². The van der Waals surface area contributed by atoms with Gasteiger partial charge >= 0.3 is 11.9 Å². The smallest absolute Gasteiger partial charge is 0.350 e. The molecule has 0 radical (unpaired) electrons. The molecule has 4 nitrogen and oxygen atoms in total. The minimum atomic E-state index is -1.27. The highest BCUT2D eigenvalue weighted by Crippen LogP contribution is 2.18. The Morgan fingerprint density at radius 3 is 2.00 bits per heavy atom. The molecule has 0 aromatic heterocycles. The average Bonchev–Trinajstić information content (AvgIpc) is 1.99. The fourth-order valence-corrected chi connectivity index (χ4v) is 0.887. The van der Waals surface area contributed by atoms with Crippen LogP contribution in [0.3, 0.4) is 0 Å². The van der Waals surface area contributed by atoms with E-state index in [1.54, 1.807) is 20.8 Å². The molecular formula is C12H20O4. The monoisotopic (exact) mass is 228 g/mol. The lowest BCUT2D eigenvalue weighted by Crippen LogP contribution is -2.42. The van der Waals surface area contributed by atoms with Crippen LogP contribution in [0.4, 0.5) is 0 Å². The van der Waals surface area contributed by atoms with Crippen LogP contribution in [-0.4, -0.2) is 23.1 Å². The van der Waals surface area contributed by atoms with E-state index in [0.29, 0.717) is 0 Å². The van der Waals surface area contributed by atoms with Gasteiger partial charge < -0.3 is 9.47 Å². The van der Waals surface area contributed by atoms with Crippen LogP contribution >= 0.6 is 0 Å². The molecule has 0 saturated carbocycles. The summed E-state index contributed by atoms with van der Waals surface area (Å²) in [7, 11) is 0. The molecule has 0 aliphatic carbocycles. The average molecular weight is 228 g/mol. The van der Waals surface area contributed by atoms with Crippen LogP contribution in [0.1, 0.15) is 41.0 Å². The quantitative estimate of drug-likeness (QED) is 0.547. The van der Waals surface area contributed by atoms with Crippen LogP contribution in [0.2, 0.25) is 0 Å². The van der Waals surface area contributed by atoms with Gasteiger partial charge in [-0.2, -0.15) is 0 Å². The van der Waals surface area contributed by atoms with Crippen LogP contribution in [-0.2, 0) is 19.1 Å². The van der Waals surface area contributed by atoms with Gasteiger partial charge in [-0.15, -0.1) is 6.58 Å². The van der Waals surface area contributed by atoms with E-state index in [9.17, 15) is 9.59 Å². The zero-order valence-electron chi connectivity index (χ0n) is 10.6. The Morgan fingerprint density at radius 1 is 1.12 bits per heavy atom. The molecule has 0 N–H and O–H groups in total. The van der Waals surface area contributed by atoms with E-state index in [4.69, 9.17) is 9.47 Å². The third-order valence-electron chi connectivity index (χ3n) is 1.57. The Labute approximate surface area is 96.6 Å². The molecule has 0 atom stereocenters. The second-order valence-electron chi connectivity index (χ2n) is 4.98. The fourth-order valence-electron chi connectivity index (χ4n) is 0.887. The van der Waals surface area contributed by atoms with Crippen molar-refractivity contribution in [1.82, 2.24) is 0 Å². The van der Waals surface area contributed by atoms with Gasteiger partial charge in [0.05, 0.1) is 6.42 Å². The molecule has 0 aromatic rings. The first kappa shape index (κ1) is 14.7. The van der Waals surface area contributed by atoms with Gasteiger partial charge in [0.2, 0.25) is 5.60 Å². The molecule has 0 aliphatic heterocycles. The summed E-state index contributed by atoms with van der Waals surface area (Å²) in [6.07, 6.45) is 1.50. The third-order valence-corrected chi connectivity index (χ3v) is 1.57. The number of hydrogen-bond donors (Lipinski definition) is 0. The van der Waals surface area contributed by atoms with Crippen LogP contribution in [0, 0.1) is 0 Å². The van der Waals surface area contributed by atoms with Crippen molar-refractivity contribution in [2.24, 2.45) is 0 Å². The molecule has 92 valence electrons. The molecule has 0 bridgehead atoms. The van der Waals surface area contributed by atoms with Gasteiger partial charge in [0.15, 0.2) is 0 Å². The van der Waals surface area contributed by atoms with Crippen molar-refractivity contribution < 1.29 is 19.1 Å². The minimum Gasteiger partial charge on any atom is -0.457 e. The summed E-state index contributed by atoms with van der Waals surface area (Å²) < 4.78 is 10.1. The van der Waals surface area contributed by atoms with E-state index in [-0.39, 0.29) is 6.42 Å². The van der Waals surface area contributed by atoms with Crippen molar-refractivity contribution in [3.8, 4) is 0 Å². The van der Waals surface area contributed by atoms with Gasteiger partial charge in [-0.1, -0.05) is 6.08 Å². The largest absolute Gasteiger partial charge is 0.457 e. The zero-order chi connectivity index (χ0) is 13.0. The summed E-state index contributed by atoms with van der Waals surface area (Å²) in [4.78, 5) is 22.9. The highest BCUT2D eigenvalue weighted by molar-refractivity contribution is 5.83. The van der Waals surface area contributed by atoms with Gasteiger partial charge in [-0.25, -0.2) is 4.79 Å². The molecular weight excluding hydrogens is 208 g/mol. The lowest BCUT2D eigenvalue weighted by atomic mass is 10.1. The summed E-state index contributed by atoms with van der Waals surface area (Å²) in [6.45, 7) is 11.7. The number of rotatable bonds is 4. The molecule has 0 rings (SSSR count). The van der Waals surface area contributed by atoms with Crippen LogP contribution in [0.5, 0.6) is 0 Å². The first-order valence-electron chi connectivity index (χ1n) is 5.14. The van der Waals surface area contributed by atoms with Crippen molar-refractivity contribution in [1.29, 1.82) is 0 Å². The maximum atomic E-state index is 11.7. The van der Waals surface area contributed by atoms with E-state index >= 15 is 0 Å². The van der Waals surface area contributed by atoms with Gasteiger partial charge in [-0.3, -0.25) is 4.79 Å². The van der Waals surface area contributed by atoms with Crippen molar-refractivity contribution >= 4 is 11.9 Å². The number of hydrogen-bond acceptors (Lipinski definition) is 4. The first-order valence-corrected chi connectivity index (χ1v) is 5.14. The van der Waals surface area contributed by atoms with E-state index in [0.717, 1.165) is 0 Å². The van der Waals surface area contributed by atoms with Gasteiger partial charge in [0.1, 0.15) is 5.60 Å². The number of esters is 2. The summed E-state index contributed by atoms with van der Waals surface area (Å²) in [6, 6.07) is 0. The van der Waals surface area contributed by atoms with Crippen molar-refractivity contribution in [3.63, 3.8) is 0 Å². The van der Waals surface area contributed by atoms with Gasteiger partial charge in [-0.05, 0) is 34.6 Å². The van der Waals surface area contributed by atoms with Gasteiger partial charge in [0.25, 0.3) is 0 Å². The van der Waals surface area contributed by atoms with E-state index in [1.165, 1.54) is 19.9 Å². The first-order chi connectivity index (χ1) is 7.08. The standard InChI is InChI=1S/C12H20O4/c1-7-8-9(13)15-12(5,6)10(14)16-11(2,3)4/h7H,1,8H2,2-6H3. The lowest BCUT2D eigenvalue weighted by molar-refractivity contribution is -0.186. The number of carbonyl (C=O) groups is 2. The second-order valence-corrected chi connectivity index (χ2v) is 4.98. The van der Waals surface area contributed by atoms with Crippen LogP contribution in [0.15, 0.2) is 12.7 Å². The number of ether oxygens (including phenoxy) is 2. The molecule has 0 unspecified atom stereocenters. The predicted molar refractivity (Wildman–Crippen MR) is 60.8 cm³/mol. The fraction of sp³-hybridized carbons (Fsp3) is 0.667. The predicted octanol–water partition coefficient (Wildman–Crippen LogP) is 2.23. The highest BCUT2D eigenvalue weighted by Gasteiger charge is 2.35. The van der Waals surface area contributed by atoms with Gasteiger partial charge in [0, 0.05) is 0 Å². The summed E-state index contributed by atoms with van der Waals surface area (Å²) >= 11 is 0. The Kier molecular flexibility index (Phi) is 4.72. The van der Waals surface area contributed by atoms with E-state index < -0.39 is 23.1 Å². The van der Waals surface area contributed by atoms with Crippen molar-refractivity contribution in [2.75, 3.05) is 0 Å². The summed E-state index contributed by atoms with van der Waals surface area (Å²) in [5.41, 5.74) is -1.87. The van der Waals surface area contributed by atoms with E-state index in [1.807, 2.05) is 0 Å². The van der Waals surface area contributed by atoms with Crippen LogP contribution in [0.25, 0.3) is 0 Å². The maximum absolute atomic E-state index is 11.7. The molecule has 16 heavy (non-hydrogen) atoms. The summed E-state index contributed by atoms with van der Waals surface area (Å²) in [5.74, 6) is -1.05. The molecule has 0 heterocycles. The third kappa shape index (κ3) is 5.53. The molecule has 0 amide bonds. The van der Waals surface area contributed by atoms with Crippen LogP contribution < -0.4 is 0 Å². The summed E-state index contributed by atoms with van der Waals surface area (Å²) in [5, 5.41) is 0. The molecule has 0 aromatic carbocycles. The number of carbonyl (C=O) groups excluding carboxylic acids is 2. The molecule has 0 fully saturated rings. The Balaban J connectivity index is 4.48. The normalized spacial score (nSPS) is 11.8. The van der Waals surface area contributed by atoms with Crippen molar-refractivity contribution in [2.45, 2.75) is 52.2 Å². The van der Waals surface area contributed by atoms with Crippen molar-refractivity contribution in [3.05, 3.63) is 12.7 Å². The maximum Gasteiger partial charge on any atom is 0.350 e. The lowest BCUT2D eigenvalue weighted by Gasteiger charge is -2.28. The zero-order valence-corrected chi connectivity index (χ0v) is 10.6. The molecule has 0 saturated heterocycles. The SMILES string of the molecule is C=CCC(=O)OC(C)(C)C(=O)OC(C)(C)C. The minimum absolute atomic E-state index is 0.0756. The Hall–Kier alpha value is -1.32. The Bertz CT molecular complexity index is 284. The topological polar surface area (TPSA) is 52.6 Å². The Morgan fingerprint density at radius 2 is 1.62 bits per heavy atom. The molecule has 0 aliphatic rings. The second kappa shape index (κ2) is 5.14. The molecule has 0 spiro atoms.